The lowest BCUT2D eigenvalue weighted by molar-refractivity contribution is 0.0691. The van der Waals surface area contributed by atoms with Gasteiger partial charge in [0.2, 0.25) is 0 Å². The van der Waals surface area contributed by atoms with Gasteiger partial charge in [-0.1, -0.05) is 20.8 Å². The number of rotatable bonds is 7. The first-order valence-corrected chi connectivity index (χ1v) is 8.11. The number of hydrogen-bond donors (Lipinski definition) is 2. The number of carbonyl (C=O) groups is 1. The van der Waals surface area contributed by atoms with Crippen LogP contribution in [0.25, 0.3) is 0 Å². The van der Waals surface area contributed by atoms with Crippen LogP contribution in [0.2, 0.25) is 0 Å². The zero-order chi connectivity index (χ0) is 15.3. The van der Waals surface area contributed by atoms with Crippen LogP contribution in [0, 0.1) is 0 Å². The van der Waals surface area contributed by atoms with Gasteiger partial charge in [-0.3, -0.25) is 4.21 Å². The van der Waals surface area contributed by atoms with Gasteiger partial charge in [-0.2, -0.15) is 0 Å². The molecule has 1 aromatic heterocycles. The summed E-state index contributed by atoms with van der Waals surface area (Å²) in [5, 5.41) is 12.3. The van der Waals surface area contributed by atoms with Gasteiger partial charge in [-0.15, -0.1) is 0 Å². The summed E-state index contributed by atoms with van der Waals surface area (Å²) in [6.45, 7) is 6.25. The Bertz CT molecular complexity index is 506. The average molecular weight is 299 g/mol. The molecular weight excluding hydrogens is 278 g/mol. The lowest BCUT2D eigenvalue weighted by atomic mass is 10.2. The number of anilines is 1. The molecule has 1 heterocycles. The Morgan fingerprint density at radius 1 is 1.45 bits per heavy atom. The number of aromatic nitrogens is 2. The van der Waals surface area contributed by atoms with Gasteiger partial charge in [0.25, 0.3) is 0 Å². The smallest absolute Gasteiger partial charge is 0.356 e. The maximum atomic E-state index is 11.2. The van der Waals surface area contributed by atoms with Crippen LogP contribution >= 0.6 is 0 Å². The standard InChI is InChI=1S/C13H21N3O3S/c1-8(2)12-15-7-10(11(16-12)13(17)18)14-6-5-9(3)20(4)19/h7-9,14H,5-6H2,1-4H3,(H,17,18). The summed E-state index contributed by atoms with van der Waals surface area (Å²) in [7, 11) is -0.880. The molecule has 0 bridgehead atoms. The molecule has 0 fully saturated rings. The Kier molecular flexibility index (Phi) is 6.06. The van der Waals surface area contributed by atoms with E-state index in [1.807, 2.05) is 20.8 Å². The maximum absolute atomic E-state index is 11.2. The highest BCUT2D eigenvalue weighted by Gasteiger charge is 2.15. The molecule has 0 spiro atoms. The highest BCUT2D eigenvalue weighted by atomic mass is 32.2. The molecule has 0 aliphatic rings. The molecule has 2 N–H and O–H groups in total. The summed E-state index contributed by atoms with van der Waals surface area (Å²) >= 11 is 0. The Hall–Kier alpha value is -1.50. The van der Waals surface area contributed by atoms with Crippen LogP contribution in [0.4, 0.5) is 5.69 Å². The van der Waals surface area contributed by atoms with Crippen LogP contribution in [0.5, 0.6) is 0 Å². The predicted octanol–water partition coefficient (Wildman–Crippen LogP) is 1.87. The molecule has 0 aliphatic carbocycles. The zero-order valence-corrected chi connectivity index (χ0v) is 13.0. The van der Waals surface area contributed by atoms with Crippen molar-refractivity contribution in [2.24, 2.45) is 0 Å². The molecule has 6 nitrogen and oxygen atoms in total. The monoisotopic (exact) mass is 299 g/mol. The summed E-state index contributed by atoms with van der Waals surface area (Å²) in [5.41, 5.74) is 0.380. The lowest BCUT2D eigenvalue weighted by Crippen LogP contribution is -2.17. The summed E-state index contributed by atoms with van der Waals surface area (Å²) < 4.78 is 11.2. The quantitative estimate of drug-likeness (QED) is 0.798. The molecule has 0 saturated carbocycles. The first kappa shape index (κ1) is 16.6. The van der Waals surface area contributed by atoms with Gasteiger partial charge in [-0.05, 0) is 6.42 Å². The van der Waals surface area contributed by atoms with Crippen molar-refractivity contribution in [3.63, 3.8) is 0 Å². The Labute approximate surface area is 121 Å². The van der Waals surface area contributed by atoms with Crippen LogP contribution in [0.15, 0.2) is 6.20 Å². The first-order chi connectivity index (χ1) is 9.32. The molecule has 1 rings (SSSR count). The van der Waals surface area contributed by atoms with E-state index in [0.717, 1.165) is 0 Å². The van der Waals surface area contributed by atoms with E-state index < -0.39 is 16.8 Å². The van der Waals surface area contributed by atoms with Crippen molar-refractivity contribution in [1.82, 2.24) is 9.97 Å². The van der Waals surface area contributed by atoms with Gasteiger partial charge < -0.3 is 10.4 Å². The van der Waals surface area contributed by atoms with Crippen LogP contribution in [-0.4, -0.2) is 43.3 Å². The van der Waals surface area contributed by atoms with Crippen LogP contribution < -0.4 is 5.32 Å². The fraction of sp³-hybridized carbons (Fsp3) is 0.615. The fourth-order valence-electron chi connectivity index (χ4n) is 1.54. The van der Waals surface area contributed by atoms with Crippen molar-refractivity contribution in [2.45, 2.75) is 38.4 Å². The molecule has 112 valence electrons. The van der Waals surface area contributed by atoms with Crippen LogP contribution in [0.1, 0.15) is 49.4 Å². The molecule has 2 atom stereocenters. The first-order valence-electron chi connectivity index (χ1n) is 6.49. The predicted molar refractivity (Wildman–Crippen MR) is 79.7 cm³/mol. The van der Waals surface area contributed by atoms with Crippen molar-refractivity contribution < 1.29 is 14.1 Å². The number of carboxylic acid groups (broad SMARTS) is 1. The molecule has 0 aliphatic heterocycles. The minimum atomic E-state index is -1.08. The fourth-order valence-corrected chi connectivity index (χ4v) is 1.99. The molecule has 0 radical (unpaired) electrons. The second-order valence-electron chi connectivity index (χ2n) is 4.97. The van der Waals surface area contributed by atoms with Crippen LogP contribution in [0.3, 0.4) is 0 Å². The Balaban J connectivity index is 2.79. The van der Waals surface area contributed by atoms with E-state index in [1.54, 1.807) is 6.26 Å². The normalized spacial score (nSPS) is 14.1. The van der Waals surface area contributed by atoms with Gasteiger partial charge in [0.15, 0.2) is 5.69 Å². The van der Waals surface area contributed by atoms with Crippen molar-refractivity contribution in [1.29, 1.82) is 0 Å². The highest BCUT2D eigenvalue weighted by Crippen LogP contribution is 2.16. The van der Waals surface area contributed by atoms with E-state index in [9.17, 15) is 14.1 Å². The maximum Gasteiger partial charge on any atom is 0.356 e. The van der Waals surface area contributed by atoms with Crippen molar-refractivity contribution in [3.8, 4) is 0 Å². The SMILES string of the molecule is CC(C)c1ncc(NCCC(C)S(C)=O)c(C(=O)O)n1. The van der Waals surface area contributed by atoms with Gasteiger partial charge >= 0.3 is 5.97 Å². The summed E-state index contributed by atoms with van der Waals surface area (Å²) in [4.78, 5) is 19.5. The molecule has 0 saturated heterocycles. The number of nitrogens with one attached hydrogen (secondary N) is 1. The minimum absolute atomic E-state index is 0.0195. The minimum Gasteiger partial charge on any atom is -0.476 e. The third-order valence-corrected chi connectivity index (χ3v) is 4.33. The topological polar surface area (TPSA) is 92.2 Å². The third kappa shape index (κ3) is 4.56. The van der Waals surface area contributed by atoms with Crippen molar-refractivity contribution in [3.05, 3.63) is 17.7 Å². The second kappa shape index (κ2) is 7.33. The molecule has 2 unspecified atom stereocenters. The summed E-state index contributed by atoms with van der Waals surface area (Å²) in [6, 6.07) is 0. The van der Waals surface area contributed by atoms with E-state index >= 15 is 0 Å². The molecular formula is C13H21N3O3S. The number of hydrogen-bond acceptors (Lipinski definition) is 5. The Morgan fingerprint density at radius 2 is 2.10 bits per heavy atom. The van der Waals surface area contributed by atoms with Crippen molar-refractivity contribution >= 4 is 22.5 Å². The van der Waals surface area contributed by atoms with E-state index in [2.05, 4.69) is 15.3 Å². The van der Waals surface area contributed by atoms with E-state index in [1.165, 1.54) is 6.20 Å². The highest BCUT2D eigenvalue weighted by molar-refractivity contribution is 7.84. The van der Waals surface area contributed by atoms with Crippen molar-refractivity contribution in [2.75, 3.05) is 18.1 Å². The number of carboxylic acids is 1. The summed E-state index contributed by atoms with van der Waals surface area (Å²) in [5.74, 6) is -0.496. The van der Waals surface area contributed by atoms with Gasteiger partial charge in [0.1, 0.15) is 5.82 Å². The molecule has 1 aromatic rings. The van der Waals surface area contributed by atoms with Gasteiger partial charge in [-0.25, -0.2) is 14.8 Å². The van der Waals surface area contributed by atoms with E-state index in [0.29, 0.717) is 24.5 Å². The lowest BCUT2D eigenvalue weighted by Gasteiger charge is -2.12. The molecule has 0 aromatic carbocycles. The van der Waals surface area contributed by atoms with E-state index in [-0.39, 0.29) is 16.9 Å². The number of nitrogens with zero attached hydrogens (tertiary/aromatic N) is 2. The second-order valence-corrected chi connectivity index (χ2v) is 6.78. The largest absolute Gasteiger partial charge is 0.476 e. The molecule has 20 heavy (non-hydrogen) atoms. The molecule has 7 heteroatoms. The van der Waals surface area contributed by atoms with Crippen LogP contribution in [-0.2, 0) is 10.8 Å². The molecule has 0 amide bonds. The third-order valence-electron chi connectivity index (χ3n) is 2.96. The van der Waals surface area contributed by atoms with E-state index in [4.69, 9.17) is 0 Å². The average Bonchev–Trinajstić information content (AvgIpc) is 2.38. The zero-order valence-electron chi connectivity index (χ0n) is 12.2. The summed E-state index contributed by atoms with van der Waals surface area (Å²) in [6.07, 6.45) is 3.85. The van der Waals surface area contributed by atoms with Gasteiger partial charge in [0.05, 0.1) is 11.9 Å². The number of aromatic carboxylic acids is 1. The van der Waals surface area contributed by atoms with Gasteiger partial charge in [0, 0.05) is 34.8 Å². The Morgan fingerprint density at radius 3 is 2.60 bits per heavy atom.